The topological polar surface area (TPSA) is 113 Å². The maximum Gasteiger partial charge on any atom is 0.256 e. The van der Waals surface area contributed by atoms with E-state index in [1.807, 2.05) is 71.2 Å². The molecule has 298 valence electrons. The normalized spacial score (nSPS) is 20.9. The lowest BCUT2D eigenvalue weighted by Crippen LogP contribution is -2.75. The highest BCUT2D eigenvalue weighted by Crippen LogP contribution is 2.33. The Labute approximate surface area is 334 Å². The second-order valence-electron chi connectivity index (χ2n) is 16.1. The number of hydrogen-bond acceptors (Lipinski definition) is 7. The number of amides is 4. The summed E-state index contributed by atoms with van der Waals surface area (Å²) in [7, 11) is 1.94. The van der Waals surface area contributed by atoms with Crippen molar-refractivity contribution >= 4 is 34.5 Å². The molecule has 8 rings (SSSR count). The van der Waals surface area contributed by atoms with Crippen molar-refractivity contribution in [1.82, 2.24) is 34.2 Å². The van der Waals surface area contributed by atoms with Gasteiger partial charge in [0.1, 0.15) is 18.0 Å². The molecule has 1 saturated carbocycles. The van der Waals surface area contributed by atoms with Gasteiger partial charge in [-0.25, -0.2) is 10.0 Å². The predicted molar refractivity (Wildman–Crippen MR) is 218 cm³/mol. The van der Waals surface area contributed by atoms with Gasteiger partial charge < -0.3 is 24.4 Å². The summed E-state index contributed by atoms with van der Waals surface area (Å²) in [6.45, 7) is 8.77. The number of benzene rings is 3. The van der Waals surface area contributed by atoms with E-state index in [4.69, 9.17) is 0 Å². The lowest BCUT2D eigenvalue weighted by molar-refractivity contribution is -0.205. The number of phenolic OH excluding ortho intramolecular Hbond substituents is 1. The van der Waals surface area contributed by atoms with Crippen LogP contribution in [0.1, 0.15) is 52.7 Å². The number of carbonyl (C=O) groups is 4. The number of hydrogen-bond donors (Lipinski definition) is 1. The monoisotopic (exact) mass is 771 g/mol. The van der Waals surface area contributed by atoms with Gasteiger partial charge >= 0.3 is 0 Å². The van der Waals surface area contributed by atoms with Crippen molar-refractivity contribution in [3.63, 3.8) is 0 Å². The van der Waals surface area contributed by atoms with Crippen LogP contribution >= 0.6 is 0 Å². The van der Waals surface area contributed by atoms with Gasteiger partial charge in [-0.05, 0) is 54.0 Å². The Bertz CT molecular complexity index is 2120. The zero-order valence-electron chi connectivity index (χ0n) is 32.8. The first-order valence-electron chi connectivity index (χ1n) is 20.4. The maximum atomic E-state index is 14.7. The van der Waals surface area contributed by atoms with Crippen molar-refractivity contribution in [2.45, 2.75) is 57.3 Å². The van der Waals surface area contributed by atoms with Gasteiger partial charge in [-0.3, -0.25) is 24.1 Å². The van der Waals surface area contributed by atoms with Gasteiger partial charge in [-0.1, -0.05) is 73.2 Å². The summed E-state index contributed by atoms with van der Waals surface area (Å²) < 4.78 is 1.98. The predicted octanol–water partition coefficient (Wildman–Crippen LogP) is 4.43. The summed E-state index contributed by atoms with van der Waals surface area (Å²) in [5, 5.41) is 14.3. The van der Waals surface area contributed by atoms with Crippen LogP contribution in [-0.4, -0.2) is 127 Å². The van der Waals surface area contributed by atoms with Crippen molar-refractivity contribution in [3.05, 3.63) is 114 Å². The largest absolute Gasteiger partial charge is 0.508 e. The van der Waals surface area contributed by atoms with Crippen molar-refractivity contribution in [2.24, 2.45) is 13.0 Å². The van der Waals surface area contributed by atoms with E-state index < -0.39 is 12.2 Å². The number of nitrogens with zero attached hydrogens (tertiary/aromatic N) is 7. The molecule has 3 saturated heterocycles. The van der Waals surface area contributed by atoms with Gasteiger partial charge in [0.2, 0.25) is 17.7 Å². The van der Waals surface area contributed by atoms with E-state index in [0.717, 1.165) is 53.1 Å². The minimum absolute atomic E-state index is 0.0207. The molecule has 12 heteroatoms. The van der Waals surface area contributed by atoms with Crippen molar-refractivity contribution in [2.75, 3.05) is 52.4 Å². The molecule has 12 nitrogen and oxygen atoms in total. The fraction of sp³-hybridized carbons (Fsp3) is 0.422. The van der Waals surface area contributed by atoms with Gasteiger partial charge in [0.05, 0.1) is 24.2 Å². The summed E-state index contributed by atoms with van der Waals surface area (Å²) in [6.07, 6.45) is 7.78. The molecule has 1 aromatic heterocycles. The third-order valence-corrected chi connectivity index (χ3v) is 12.3. The molecule has 1 aliphatic carbocycles. The summed E-state index contributed by atoms with van der Waals surface area (Å²) in [6, 6.07) is 21.5. The average Bonchev–Trinajstić information content (AvgIpc) is 3.55. The Morgan fingerprint density at radius 2 is 1.67 bits per heavy atom. The molecular weight excluding hydrogens is 719 g/mol. The number of aromatic hydroxyl groups is 1. The number of aryl methyl sites for hydroxylation is 2. The minimum Gasteiger partial charge on any atom is -0.508 e. The molecule has 4 fully saturated rings. The molecule has 0 radical (unpaired) electrons. The maximum absolute atomic E-state index is 14.7. The first-order chi connectivity index (χ1) is 27.7. The van der Waals surface area contributed by atoms with Crippen LogP contribution in [0.15, 0.2) is 91.6 Å². The molecule has 57 heavy (non-hydrogen) atoms. The Morgan fingerprint density at radius 3 is 2.37 bits per heavy atom. The van der Waals surface area contributed by atoms with Crippen LogP contribution in [0.3, 0.4) is 0 Å². The van der Waals surface area contributed by atoms with Gasteiger partial charge in [0.25, 0.3) is 5.91 Å². The number of fused-ring (bicyclic) bond motifs is 2. The Kier molecular flexibility index (Phi) is 11.2. The van der Waals surface area contributed by atoms with E-state index in [9.17, 15) is 24.3 Å². The van der Waals surface area contributed by atoms with Crippen LogP contribution in [0.25, 0.3) is 10.9 Å². The molecule has 1 N–H and O–H groups in total. The van der Waals surface area contributed by atoms with Crippen LogP contribution in [0, 0.1) is 5.92 Å². The second-order valence-corrected chi connectivity index (χ2v) is 16.1. The van der Waals surface area contributed by atoms with Crippen molar-refractivity contribution < 1.29 is 24.3 Å². The third kappa shape index (κ3) is 7.93. The van der Waals surface area contributed by atoms with Crippen LogP contribution < -0.4 is 0 Å². The van der Waals surface area contributed by atoms with Gasteiger partial charge in [0.15, 0.2) is 0 Å². The van der Waals surface area contributed by atoms with Crippen LogP contribution in [0.5, 0.6) is 5.75 Å². The molecule has 4 aromatic rings. The van der Waals surface area contributed by atoms with Crippen LogP contribution in [0.4, 0.5) is 0 Å². The van der Waals surface area contributed by atoms with Crippen LogP contribution in [0.2, 0.25) is 0 Å². The lowest BCUT2D eigenvalue weighted by atomic mass is 9.85. The highest BCUT2D eigenvalue weighted by Gasteiger charge is 2.51. The Hall–Kier alpha value is -5.46. The Balaban J connectivity index is 1.09. The number of hydrazine groups is 1. The molecule has 3 aliphatic heterocycles. The van der Waals surface area contributed by atoms with E-state index >= 15 is 0 Å². The van der Waals surface area contributed by atoms with Gasteiger partial charge in [0, 0.05) is 77.3 Å². The number of rotatable bonds is 12. The summed E-state index contributed by atoms with van der Waals surface area (Å²) in [5.41, 5.74) is 4.22. The number of aromatic nitrogens is 1. The van der Waals surface area contributed by atoms with E-state index in [-0.39, 0.29) is 61.9 Å². The van der Waals surface area contributed by atoms with E-state index in [1.54, 1.807) is 50.2 Å². The minimum atomic E-state index is -0.885. The Morgan fingerprint density at radius 1 is 0.912 bits per heavy atom. The lowest BCUT2D eigenvalue weighted by Gasteiger charge is -2.55. The number of phenols is 1. The molecule has 0 spiro atoms. The molecule has 0 unspecified atom stereocenters. The van der Waals surface area contributed by atoms with E-state index in [2.05, 4.69) is 11.5 Å². The molecule has 4 heterocycles. The second kappa shape index (κ2) is 16.6. The highest BCUT2D eigenvalue weighted by molar-refractivity contribution is 6.07. The molecule has 0 bridgehead atoms. The van der Waals surface area contributed by atoms with Gasteiger partial charge in [-0.15, -0.1) is 6.58 Å². The van der Waals surface area contributed by atoms with Crippen LogP contribution in [-0.2, 0) is 40.8 Å². The SMILES string of the molecule is C=CCN1CC(=O)N2[C@@H](Cc3ccc(O)cc3)C(=O)N(Cc3cccc4c(C(=O)N5CCN(CC6CCC6)CC5)cn(C)c34)C[C@@H]2N1C(=O)CCc1ccccc1. The zero-order valence-corrected chi connectivity index (χ0v) is 32.8. The molecular formula is C45H53N7O5. The fourth-order valence-electron chi connectivity index (χ4n) is 9.17. The van der Waals surface area contributed by atoms with Gasteiger partial charge in [-0.2, -0.15) is 0 Å². The third-order valence-electron chi connectivity index (χ3n) is 12.3. The number of carbonyl (C=O) groups excluding carboxylic acids is 4. The fourth-order valence-corrected chi connectivity index (χ4v) is 9.17. The molecule has 4 aliphatic rings. The molecule has 2 atom stereocenters. The standard InChI is InChI=1S/C45H53N7O5/c1-3-21-50-31-42(55)51-39(26-33-15-18-36(53)19-16-33)45(57)49(30-40(51)52(50)41(54)20-17-32-9-5-4-6-10-32)28-35-13-8-14-37-38(29-46(2)43(35)37)44(56)48-24-22-47(23-25-48)27-34-11-7-12-34/h3-6,8-10,13-16,18-19,29,34,39-40,53H,1,7,11-12,17,20-28,30-31H2,2H3/t39-,40-/m0/s1. The molecule has 4 amide bonds. The van der Waals surface area contributed by atoms with Crippen molar-refractivity contribution in [3.8, 4) is 5.75 Å². The quantitative estimate of drug-likeness (QED) is 0.212. The first kappa shape index (κ1) is 38.4. The summed E-state index contributed by atoms with van der Waals surface area (Å²) in [5.74, 6) is 0.336. The highest BCUT2D eigenvalue weighted by atomic mass is 16.3. The number of para-hydroxylation sites is 1. The zero-order chi connectivity index (χ0) is 39.6. The first-order valence-corrected chi connectivity index (χ1v) is 20.4. The average molecular weight is 772 g/mol. The number of piperazine rings is 2. The van der Waals surface area contributed by atoms with E-state index in [1.165, 1.54) is 19.3 Å². The summed E-state index contributed by atoms with van der Waals surface area (Å²) in [4.78, 5) is 65.0. The molecule has 3 aromatic carbocycles. The smallest absolute Gasteiger partial charge is 0.256 e. The van der Waals surface area contributed by atoms with E-state index in [0.29, 0.717) is 31.6 Å². The van der Waals surface area contributed by atoms with Crippen molar-refractivity contribution in [1.29, 1.82) is 0 Å². The summed E-state index contributed by atoms with van der Waals surface area (Å²) >= 11 is 0.